The number of esters is 2. The number of unbranched alkanes of at least 4 members (excludes halogenated alkanes) is 15. The summed E-state index contributed by atoms with van der Waals surface area (Å²) in [6, 6.07) is 0. The molecule has 0 heterocycles. The first-order valence-corrected chi connectivity index (χ1v) is 26.1. The molecular formula is C59H96O5. The maximum Gasteiger partial charge on any atom is 0.306 e. The Balaban J connectivity index is 4.43. The second-order valence-corrected chi connectivity index (χ2v) is 16.7. The Labute approximate surface area is 395 Å². The van der Waals surface area contributed by atoms with Crippen molar-refractivity contribution < 1.29 is 23.8 Å². The van der Waals surface area contributed by atoms with Crippen LogP contribution in [0, 0.1) is 0 Å². The highest BCUT2D eigenvalue weighted by Crippen LogP contribution is 2.13. The molecule has 362 valence electrons. The molecule has 1 atom stereocenters. The first kappa shape index (κ1) is 60.3. The highest BCUT2D eigenvalue weighted by atomic mass is 16.6. The van der Waals surface area contributed by atoms with E-state index in [0.717, 1.165) is 128 Å². The fraction of sp³-hybridized carbons (Fsp3) is 0.627. The molecule has 0 aromatic carbocycles. The Morgan fingerprint density at radius 1 is 0.359 bits per heavy atom. The van der Waals surface area contributed by atoms with Gasteiger partial charge in [0.15, 0.2) is 6.10 Å². The quantitative estimate of drug-likeness (QED) is 0.0346. The van der Waals surface area contributed by atoms with Crippen LogP contribution in [0.15, 0.2) is 122 Å². The van der Waals surface area contributed by atoms with Crippen LogP contribution in [0.4, 0.5) is 0 Å². The van der Waals surface area contributed by atoms with Gasteiger partial charge in [-0.15, -0.1) is 0 Å². The van der Waals surface area contributed by atoms with E-state index in [4.69, 9.17) is 14.2 Å². The highest BCUT2D eigenvalue weighted by Gasteiger charge is 2.17. The van der Waals surface area contributed by atoms with Crippen molar-refractivity contribution in [1.82, 2.24) is 0 Å². The van der Waals surface area contributed by atoms with Gasteiger partial charge in [0, 0.05) is 19.4 Å². The van der Waals surface area contributed by atoms with Crippen LogP contribution >= 0.6 is 0 Å². The lowest BCUT2D eigenvalue weighted by Gasteiger charge is -2.18. The third-order valence-electron chi connectivity index (χ3n) is 10.5. The topological polar surface area (TPSA) is 61.8 Å². The molecule has 0 aliphatic carbocycles. The van der Waals surface area contributed by atoms with Gasteiger partial charge < -0.3 is 14.2 Å². The summed E-state index contributed by atoms with van der Waals surface area (Å²) in [7, 11) is 0. The van der Waals surface area contributed by atoms with Crippen LogP contribution in [0.3, 0.4) is 0 Å². The molecule has 1 unspecified atom stereocenters. The summed E-state index contributed by atoms with van der Waals surface area (Å²) in [5, 5.41) is 0. The number of carbonyl (C=O) groups excluding carboxylic acids is 2. The minimum Gasteiger partial charge on any atom is -0.462 e. The molecule has 0 bridgehead atoms. The van der Waals surface area contributed by atoms with Crippen LogP contribution < -0.4 is 0 Å². The molecule has 0 spiro atoms. The molecule has 64 heavy (non-hydrogen) atoms. The predicted octanol–water partition coefficient (Wildman–Crippen LogP) is 17.8. The Bertz CT molecular complexity index is 1320. The second kappa shape index (κ2) is 53.6. The monoisotopic (exact) mass is 885 g/mol. The third-order valence-corrected chi connectivity index (χ3v) is 10.5. The van der Waals surface area contributed by atoms with Crippen LogP contribution in [-0.4, -0.2) is 37.9 Å². The molecule has 5 heteroatoms. The van der Waals surface area contributed by atoms with Crippen LogP contribution in [0.2, 0.25) is 0 Å². The fourth-order valence-corrected chi connectivity index (χ4v) is 6.65. The minimum absolute atomic E-state index is 0.0399. The Kier molecular flexibility index (Phi) is 50.5. The van der Waals surface area contributed by atoms with Crippen molar-refractivity contribution in [3.8, 4) is 0 Å². The van der Waals surface area contributed by atoms with E-state index in [1.807, 2.05) is 0 Å². The molecule has 0 aliphatic rings. The van der Waals surface area contributed by atoms with Gasteiger partial charge in [0.05, 0.1) is 6.61 Å². The van der Waals surface area contributed by atoms with Gasteiger partial charge in [-0.2, -0.15) is 0 Å². The number of hydrogen-bond donors (Lipinski definition) is 0. The summed E-state index contributed by atoms with van der Waals surface area (Å²) in [4.78, 5) is 25.4. The van der Waals surface area contributed by atoms with Gasteiger partial charge in [-0.05, 0) is 122 Å². The molecule has 0 aliphatic heterocycles. The number of rotatable bonds is 46. The Morgan fingerprint density at radius 3 is 1.12 bits per heavy atom. The molecule has 0 saturated heterocycles. The molecule has 0 amide bonds. The van der Waals surface area contributed by atoms with Gasteiger partial charge in [0.2, 0.25) is 0 Å². The van der Waals surface area contributed by atoms with E-state index in [0.29, 0.717) is 19.4 Å². The van der Waals surface area contributed by atoms with E-state index in [9.17, 15) is 9.59 Å². The molecular weight excluding hydrogens is 789 g/mol. The first-order chi connectivity index (χ1) is 31.6. The predicted molar refractivity (Wildman–Crippen MR) is 279 cm³/mol. The Hall–Kier alpha value is -3.70. The van der Waals surface area contributed by atoms with Gasteiger partial charge >= 0.3 is 11.9 Å². The Morgan fingerprint density at radius 2 is 0.703 bits per heavy atom. The van der Waals surface area contributed by atoms with Crippen molar-refractivity contribution in [2.45, 2.75) is 219 Å². The van der Waals surface area contributed by atoms with Crippen molar-refractivity contribution in [3.05, 3.63) is 122 Å². The lowest BCUT2D eigenvalue weighted by atomic mass is 10.1. The summed E-state index contributed by atoms with van der Waals surface area (Å²) in [5.74, 6) is -0.471. The van der Waals surface area contributed by atoms with Gasteiger partial charge in [0.1, 0.15) is 6.61 Å². The fourth-order valence-electron chi connectivity index (χ4n) is 6.65. The maximum atomic E-state index is 12.8. The smallest absolute Gasteiger partial charge is 0.306 e. The molecule has 0 radical (unpaired) electrons. The van der Waals surface area contributed by atoms with Crippen LogP contribution in [0.1, 0.15) is 213 Å². The lowest BCUT2D eigenvalue weighted by Crippen LogP contribution is -2.30. The molecule has 0 aromatic rings. The number of ether oxygens (including phenoxy) is 3. The average Bonchev–Trinajstić information content (AvgIpc) is 3.30. The van der Waals surface area contributed by atoms with Crippen molar-refractivity contribution in [2.24, 2.45) is 0 Å². The highest BCUT2D eigenvalue weighted by molar-refractivity contribution is 5.70. The van der Waals surface area contributed by atoms with Crippen molar-refractivity contribution in [3.63, 3.8) is 0 Å². The summed E-state index contributed by atoms with van der Waals surface area (Å²) >= 11 is 0. The van der Waals surface area contributed by atoms with Crippen LogP contribution in [0.5, 0.6) is 0 Å². The third kappa shape index (κ3) is 50.9. The minimum atomic E-state index is -0.587. The van der Waals surface area contributed by atoms with E-state index >= 15 is 0 Å². The van der Waals surface area contributed by atoms with Gasteiger partial charge in [-0.1, -0.05) is 200 Å². The SMILES string of the molecule is CC/C=C\C/C=C\C/C=C\C/C=C\CCCCCCC(=O)OCC(COCCC/C=C\C/C=C\C/C=C\C/C=C\CC)OC(=O)CCCCCCCCC/C=C\C/C=C\CCCCC. The van der Waals surface area contributed by atoms with E-state index in [1.165, 1.54) is 51.4 Å². The normalized spacial score (nSPS) is 13.2. The summed E-state index contributed by atoms with van der Waals surface area (Å²) < 4.78 is 17.3. The second-order valence-electron chi connectivity index (χ2n) is 16.7. The molecule has 5 nitrogen and oxygen atoms in total. The summed E-state index contributed by atoms with van der Waals surface area (Å²) in [6.45, 7) is 7.39. The zero-order chi connectivity index (χ0) is 46.3. The van der Waals surface area contributed by atoms with Crippen LogP contribution in [0.25, 0.3) is 0 Å². The summed E-state index contributed by atoms with van der Waals surface area (Å²) in [6.07, 6.45) is 75.0. The van der Waals surface area contributed by atoms with Gasteiger partial charge in [-0.25, -0.2) is 0 Å². The molecule has 0 saturated carbocycles. The zero-order valence-corrected chi connectivity index (χ0v) is 41.5. The van der Waals surface area contributed by atoms with E-state index in [-0.39, 0.29) is 25.2 Å². The van der Waals surface area contributed by atoms with Crippen molar-refractivity contribution in [2.75, 3.05) is 19.8 Å². The van der Waals surface area contributed by atoms with Gasteiger partial charge in [0.25, 0.3) is 0 Å². The van der Waals surface area contributed by atoms with Crippen molar-refractivity contribution >= 4 is 11.9 Å². The van der Waals surface area contributed by atoms with Crippen molar-refractivity contribution in [1.29, 1.82) is 0 Å². The molecule has 0 N–H and O–H groups in total. The van der Waals surface area contributed by atoms with Crippen LogP contribution in [-0.2, 0) is 23.8 Å². The van der Waals surface area contributed by atoms with E-state index in [1.54, 1.807) is 0 Å². The zero-order valence-electron chi connectivity index (χ0n) is 41.5. The molecule has 0 aromatic heterocycles. The molecule has 0 fully saturated rings. The molecule has 0 rings (SSSR count). The first-order valence-electron chi connectivity index (χ1n) is 26.1. The van der Waals surface area contributed by atoms with E-state index < -0.39 is 6.10 Å². The van der Waals surface area contributed by atoms with Gasteiger partial charge in [-0.3, -0.25) is 9.59 Å². The summed E-state index contributed by atoms with van der Waals surface area (Å²) in [5.41, 5.74) is 0. The number of carbonyl (C=O) groups is 2. The standard InChI is InChI=1S/C59H96O5/c1-4-7-10-13-16-19-22-25-28-30-32-34-37-40-43-46-49-52-58(60)63-56-57(55-62-54-51-48-45-42-39-36-27-24-21-18-15-12-9-6-3)64-59(61)53-50-47-44-41-38-35-33-31-29-26-23-20-17-14-11-8-5-2/h7,9-10,12,16-21,25-29,32,34,36,42,45,57H,4-6,8,11,13-15,22-24,30-31,33,35,37-41,43-44,46-56H2,1-3H3/b10-7-,12-9-,19-16-,20-17-,21-18-,28-25-,29-26-,34-32-,36-27-,45-42-. The maximum absolute atomic E-state index is 12.8. The van der Waals surface area contributed by atoms with E-state index in [2.05, 4.69) is 142 Å². The number of hydrogen-bond acceptors (Lipinski definition) is 5. The lowest BCUT2D eigenvalue weighted by molar-refractivity contribution is -0.163. The average molecular weight is 885 g/mol. The largest absolute Gasteiger partial charge is 0.462 e. The number of allylic oxidation sites excluding steroid dienone is 20.